The van der Waals surface area contributed by atoms with Crippen LogP contribution in [0.1, 0.15) is 42.2 Å². The standard InChI is InChI=1S/C15H17N3O3S2/c1-2-21-13(20)7-6-12(19)17-15(22)18-14-10(8-16)9-4-3-5-11(9)23-14/h2-7H2,1H3,(H2,17,18,19,22). The fourth-order valence-electron chi connectivity index (χ4n) is 2.38. The summed E-state index contributed by atoms with van der Waals surface area (Å²) in [4.78, 5) is 24.1. The maximum absolute atomic E-state index is 11.7. The van der Waals surface area contributed by atoms with Crippen molar-refractivity contribution >= 4 is 45.5 Å². The summed E-state index contributed by atoms with van der Waals surface area (Å²) in [5.74, 6) is -0.777. The van der Waals surface area contributed by atoms with Crippen LogP contribution in [-0.2, 0) is 27.2 Å². The minimum absolute atomic E-state index is 0.00665. The average molecular weight is 351 g/mol. The zero-order valence-electron chi connectivity index (χ0n) is 12.7. The van der Waals surface area contributed by atoms with Gasteiger partial charge in [-0.05, 0) is 44.0 Å². The molecule has 2 N–H and O–H groups in total. The van der Waals surface area contributed by atoms with Gasteiger partial charge in [0.1, 0.15) is 11.1 Å². The van der Waals surface area contributed by atoms with Gasteiger partial charge >= 0.3 is 5.97 Å². The lowest BCUT2D eigenvalue weighted by molar-refractivity contribution is -0.144. The van der Waals surface area contributed by atoms with E-state index < -0.39 is 5.97 Å². The Morgan fingerprint density at radius 1 is 1.39 bits per heavy atom. The Hall–Kier alpha value is -1.98. The monoisotopic (exact) mass is 351 g/mol. The molecule has 122 valence electrons. The van der Waals surface area contributed by atoms with Gasteiger partial charge in [0.15, 0.2) is 5.11 Å². The molecular weight excluding hydrogens is 334 g/mol. The van der Waals surface area contributed by atoms with Crippen LogP contribution in [0.5, 0.6) is 0 Å². The summed E-state index contributed by atoms with van der Waals surface area (Å²) in [7, 11) is 0. The highest BCUT2D eigenvalue weighted by Crippen LogP contribution is 2.38. The Labute approximate surface area is 143 Å². The molecule has 1 aromatic rings. The number of rotatable bonds is 5. The molecule has 0 aromatic carbocycles. The quantitative estimate of drug-likeness (QED) is 0.625. The van der Waals surface area contributed by atoms with Gasteiger partial charge in [-0.15, -0.1) is 11.3 Å². The number of aryl methyl sites for hydroxylation is 1. The van der Waals surface area contributed by atoms with Gasteiger partial charge in [0.2, 0.25) is 5.91 Å². The van der Waals surface area contributed by atoms with Crippen LogP contribution in [0.2, 0.25) is 0 Å². The van der Waals surface area contributed by atoms with Crippen LogP contribution >= 0.6 is 23.6 Å². The second-order valence-electron chi connectivity index (χ2n) is 4.98. The number of nitrogens with zero attached hydrogens (tertiary/aromatic N) is 1. The molecule has 8 heteroatoms. The van der Waals surface area contributed by atoms with Crippen LogP contribution < -0.4 is 10.6 Å². The van der Waals surface area contributed by atoms with Gasteiger partial charge in [0.05, 0.1) is 18.6 Å². The molecule has 0 unspecified atom stereocenters. The predicted octanol–water partition coefficient (Wildman–Crippen LogP) is 2.26. The second-order valence-corrected chi connectivity index (χ2v) is 6.49. The van der Waals surface area contributed by atoms with E-state index in [1.54, 1.807) is 6.92 Å². The number of carbonyl (C=O) groups excluding carboxylic acids is 2. The van der Waals surface area contributed by atoms with E-state index in [-0.39, 0.29) is 23.9 Å². The van der Waals surface area contributed by atoms with E-state index in [4.69, 9.17) is 17.0 Å². The van der Waals surface area contributed by atoms with E-state index in [0.29, 0.717) is 17.2 Å². The third-order valence-electron chi connectivity index (χ3n) is 3.37. The van der Waals surface area contributed by atoms with E-state index >= 15 is 0 Å². The summed E-state index contributed by atoms with van der Waals surface area (Å²) in [6, 6.07) is 2.20. The smallest absolute Gasteiger partial charge is 0.306 e. The molecule has 23 heavy (non-hydrogen) atoms. The summed E-state index contributed by atoms with van der Waals surface area (Å²) in [5, 5.41) is 15.5. The molecule has 6 nitrogen and oxygen atoms in total. The highest BCUT2D eigenvalue weighted by atomic mass is 32.1. The van der Waals surface area contributed by atoms with E-state index in [1.807, 2.05) is 0 Å². The molecule has 0 fully saturated rings. The van der Waals surface area contributed by atoms with Crippen LogP contribution in [0.15, 0.2) is 0 Å². The number of nitriles is 1. The molecule has 1 aliphatic carbocycles. The van der Waals surface area contributed by atoms with Gasteiger partial charge in [-0.2, -0.15) is 5.26 Å². The predicted molar refractivity (Wildman–Crippen MR) is 91.3 cm³/mol. The Kier molecular flexibility index (Phi) is 6.07. The topological polar surface area (TPSA) is 91.2 Å². The molecule has 0 saturated carbocycles. The summed E-state index contributed by atoms with van der Waals surface area (Å²) in [6.07, 6.45) is 2.99. The molecule has 1 aromatic heterocycles. The number of thiophene rings is 1. The second kappa shape index (κ2) is 8.04. The number of nitrogens with one attached hydrogen (secondary N) is 2. The van der Waals surface area contributed by atoms with E-state index in [2.05, 4.69) is 16.7 Å². The Morgan fingerprint density at radius 3 is 2.87 bits per heavy atom. The number of anilines is 1. The van der Waals surface area contributed by atoms with Crippen molar-refractivity contribution in [2.24, 2.45) is 0 Å². The summed E-state index contributed by atoms with van der Waals surface area (Å²) in [6.45, 7) is 2.00. The third-order valence-corrected chi connectivity index (χ3v) is 4.79. The molecule has 0 radical (unpaired) electrons. The molecule has 0 atom stereocenters. The van der Waals surface area contributed by atoms with Crippen molar-refractivity contribution in [3.05, 3.63) is 16.0 Å². The summed E-state index contributed by atoms with van der Waals surface area (Å²) < 4.78 is 4.76. The van der Waals surface area contributed by atoms with Crippen molar-refractivity contribution in [3.63, 3.8) is 0 Å². The average Bonchev–Trinajstić information content (AvgIpc) is 3.05. The number of thiocarbonyl (C=S) groups is 1. The van der Waals surface area contributed by atoms with Crippen LogP contribution in [0.3, 0.4) is 0 Å². The lowest BCUT2D eigenvalue weighted by Crippen LogP contribution is -2.34. The first-order valence-electron chi connectivity index (χ1n) is 7.36. The van der Waals surface area contributed by atoms with Gasteiger partial charge in [0.25, 0.3) is 0 Å². The highest BCUT2D eigenvalue weighted by Gasteiger charge is 2.22. The number of hydrogen-bond acceptors (Lipinski definition) is 6. The fourth-order valence-corrected chi connectivity index (χ4v) is 3.91. The van der Waals surface area contributed by atoms with Crippen molar-refractivity contribution in [1.82, 2.24) is 5.32 Å². The molecule has 0 saturated heterocycles. The first-order chi connectivity index (χ1) is 11.0. The van der Waals surface area contributed by atoms with E-state index in [0.717, 1.165) is 24.8 Å². The minimum Gasteiger partial charge on any atom is -0.466 e. The minimum atomic E-state index is -0.414. The van der Waals surface area contributed by atoms with Crippen molar-refractivity contribution in [3.8, 4) is 6.07 Å². The van der Waals surface area contributed by atoms with Gasteiger partial charge < -0.3 is 15.4 Å². The van der Waals surface area contributed by atoms with Gasteiger partial charge in [0, 0.05) is 11.3 Å². The molecule has 2 rings (SSSR count). The fraction of sp³-hybridized carbons (Fsp3) is 0.467. The number of esters is 1. The Bertz CT molecular complexity index is 676. The zero-order chi connectivity index (χ0) is 16.8. The molecule has 0 spiro atoms. The highest BCUT2D eigenvalue weighted by molar-refractivity contribution is 7.80. The lowest BCUT2D eigenvalue weighted by Gasteiger charge is -2.08. The first-order valence-corrected chi connectivity index (χ1v) is 8.58. The molecule has 0 bridgehead atoms. The summed E-state index contributed by atoms with van der Waals surface area (Å²) >= 11 is 6.60. The molecule has 1 aliphatic rings. The van der Waals surface area contributed by atoms with Crippen molar-refractivity contribution in [1.29, 1.82) is 5.26 Å². The van der Waals surface area contributed by atoms with Crippen LogP contribution in [0.4, 0.5) is 5.00 Å². The van der Waals surface area contributed by atoms with Crippen LogP contribution in [-0.4, -0.2) is 23.6 Å². The zero-order valence-corrected chi connectivity index (χ0v) is 14.4. The largest absolute Gasteiger partial charge is 0.466 e. The van der Waals surface area contributed by atoms with Gasteiger partial charge in [-0.3, -0.25) is 9.59 Å². The Balaban J connectivity index is 1.87. The van der Waals surface area contributed by atoms with E-state index in [9.17, 15) is 14.9 Å². The molecule has 1 amide bonds. The van der Waals surface area contributed by atoms with Crippen molar-refractivity contribution < 1.29 is 14.3 Å². The number of carbonyl (C=O) groups is 2. The van der Waals surface area contributed by atoms with Gasteiger partial charge in [-0.25, -0.2) is 0 Å². The van der Waals surface area contributed by atoms with Crippen LogP contribution in [0.25, 0.3) is 0 Å². The maximum Gasteiger partial charge on any atom is 0.306 e. The van der Waals surface area contributed by atoms with Crippen molar-refractivity contribution in [2.75, 3.05) is 11.9 Å². The number of amides is 1. The molecule has 0 aliphatic heterocycles. The van der Waals surface area contributed by atoms with Crippen LogP contribution in [0, 0.1) is 11.3 Å². The Morgan fingerprint density at radius 2 is 2.17 bits per heavy atom. The number of ether oxygens (including phenoxy) is 1. The lowest BCUT2D eigenvalue weighted by atomic mass is 10.1. The normalized spacial score (nSPS) is 12.2. The van der Waals surface area contributed by atoms with E-state index in [1.165, 1.54) is 16.2 Å². The maximum atomic E-state index is 11.7. The first kappa shape index (κ1) is 17.4. The van der Waals surface area contributed by atoms with Gasteiger partial charge in [-0.1, -0.05) is 0 Å². The molecular formula is C15H17N3O3S2. The number of fused-ring (bicyclic) bond motifs is 1. The number of hydrogen-bond donors (Lipinski definition) is 2. The molecule has 1 heterocycles. The third kappa shape index (κ3) is 4.50. The van der Waals surface area contributed by atoms with Crippen molar-refractivity contribution in [2.45, 2.75) is 39.0 Å². The SMILES string of the molecule is CCOC(=O)CCC(=O)NC(=S)Nc1sc2c(c1C#N)CCC2. The summed E-state index contributed by atoms with van der Waals surface area (Å²) in [5.41, 5.74) is 1.71.